The molecule has 168 valence electrons. The van der Waals surface area contributed by atoms with Crippen molar-refractivity contribution in [1.82, 2.24) is 19.8 Å². The molecule has 1 atom stereocenters. The summed E-state index contributed by atoms with van der Waals surface area (Å²) in [6.45, 7) is 2.81. The highest BCUT2D eigenvalue weighted by Gasteiger charge is 2.34. The van der Waals surface area contributed by atoms with Crippen LogP contribution < -0.4 is 0 Å². The molecular weight excluding hydrogens is 454 g/mol. The van der Waals surface area contributed by atoms with Crippen LogP contribution in [0.3, 0.4) is 0 Å². The Labute approximate surface area is 200 Å². The Kier molecular flexibility index (Phi) is 6.41. The van der Waals surface area contributed by atoms with E-state index in [9.17, 15) is 4.79 Å². The second kappa shape index (κ2) is 9.76. The van der Waals surface area contributed by atoms with Crippen LogP contribution in [0.4, 0.5) is 0 Å². The molecule has 0 fully saturated rings. The van der Waals surface area contributed by atoms with Crippen LogP contribution >= 0.6 is 23.1 Å². The number of furan rings is 1. The molecule has 1 aromatic carbocycles. The molecule has 4 heterocycles. The fourth-order valence-electron chi connectivity index (χ4n) is 3.88. The van der Waals surface area contributed by atoms with Gasteiger partial charge in [0, 0.05) is 24.3 Å². The van der Waals surface area contributed by atoms with Crippen molar-refractivity contribution >= 4 is 34.7 Å². The average Bonchev–Trinajstić information content (AvgIpc) is 3.64. The molecule has 9 heteroatoms. The van der Waals surface area contributed by atoms with E-state index in [1.54, 1.807) is 22.6 Å². The maximum absolute atomic E-state index is 13.3. The van der Waals surface area contributed by atoms with Gasteiger partial charge in [-0.25, -0.2) is 5.01 Å². The molecule has 1 aliphatic rings. The van der Waals surface area contributed by atoms with E-state index in [0.717, 1.165) is 28.1 Å². The van der Waals surface area contributed by atoms with Crippen LogP contribution in [0, 0.1) is 0 Å². The van der Waals surface area contributed by atoms with Gasteiger partial charge >= 0.3 is 0 Å². The molecule has 0 saturated carbocycles. The molecule has 7 nitrogen and oxygen atoms in total. The summed E-state index contributed by atoms with van der Waals surface area (Å²) in [7, 11) is 0. The SMILES string of the molecule is CCn1c(Cc2ccccc2)nnc1SCC(=O)N1N=C(c2ccco2)CC1c1cccs1. The molecule has 0 aliphatic carbocycles. The zero-order valence-corrected chi connectivity index (χ0v) is 19.8. The van der Waals surface area contributed by atoms with Gasteiger partial charge in [-0.2, -0.15) is 5.10 Å². The van der Waals surface area contributed by atoms with E-state index in [-0.39, 0.29) is 17.7 Å². The van der Waals surface area contributed by atoms with Gasteiger partial charge in [0.2, 0.25) is 0 Å². The first kappa shape index (κ1) is 21.7. The number of thiophene rings is 1. The van der Waals surface area contributed by atoms with E-state index in [1.807, 2.05) is 47.8 Å². The summed E-state index contributed by atoms with van der Waals surface area (Å²) in [5.41, 5.74) is 1.97. The van der Waals surface area contributed by atoms with Gasteiger partial charge in [-0.3, -0.25) is 4.79 Å². The second-order valence-corrected chi connectivity index (χ2v) is 9.51. The minimum Gasteiger partial charge on any atom is -0.463 e. The third-order valence-electron chi connectivity index (χ3n) is 5.48. The number of carbonyl (C=O) groups excluding carboxylic acids is 1. The number of hydrogen-bond donors (Lipinski definition) is 0. The first-order valence-electron chi connectivity index (χ1n) is 10.8. The summed E-state index contributed by atoms with van der Waals surface area (Å²) in [5, 5.41) is 17.8. The van der Waals surface area contributed by atoms with Crippen molar-refractivity contribution in [3.8, 4) is 0 Å². The first-order chi connectivity index (χ1) is 16.2. The van der Waals surface area contributed by atoms with Gasteiger partial charge in [0.1, 0.15) is 17.3 Å². The monoisotopic (exact) mass is 477 g/mol. The molecule has 0 bridgehead atoms. The Morgan fingerprint density at radius 1 is 1.15 bits per heavy atom. The molecule has 3 aromatic heterocycles. The topological polar surface area (TPSA) is 76.5 Å². The molecule has 0 radical (unpaired) electrons. The van der Waals surface area contributed by atoms with Crippen LogP contribution in [0.1, 0.15) is 41.4 Å². The van der Waals surface area contributed by atoms with Crippen LogP contribution in [0.5, 0.6) is 0 Å². The zero-order valence-electron chi connectivity index (χ0n) is 18.1. The largest absolute Gasteiger partial charge is 0.463 e. The van der Waals surface area contributed by atoms with E-state index in [1.165, 1.54) is 17.3 Å². The Hall–Kier alpha value is -3.17. The van der Waals surface area contributed by atoms with Crippen LogP contribution in [0.25, 0.3) is 0 Å². The quantitative estimate of drug-likeness (QED) is 0.333. The number of benzene rings is 1. The number of hydrogen-bond acceptors (Lipinski definition) is 7. The number of carbonyl (C=O) groups is 1. The Morgan fingerprint density at radius 2 is 2.03 bits per heavy atom. The number of aromatic nitrogens is 3. The molecule has 1 aliphatic heterocycles. The van der Waals surface area contributed by atoms with E-state index in [4.69, 9.17) is 4.42 Å². The van der Waals surface area contributed by atoms with Crippen molar-refractivity contribution in [2.24, 2.45) is 5.10 Å². The van der Waals surface area contributed by atoms with E-state index < -0.39 is 0 Å². The molecule has 5 rings (SSSR count). The summed E-state index contributed by atoms with van der Waals surface area (Å²) < 4.78 is 7.60. The molecule has 33 heavy (non-hydrogen) atoms. The summed E-state index contributed by atoms with van der Waals surface area (Å²) in [6.07, 6.45) is 2.97. The molecule has 1 amide bonds. The predicted molar refractivity (Wildman–Crippen MR) is 129 cm³/mol. The lowest BCUT2D eigenvalue weighted by atomic mass is 10.1. The lowest BCUT2D eigenvalue weighted by Crippen LogP contribution is -2.28. The van der Waals surface area contributed by atoms with Gasteiger partial charge in [-0.15, -0.1) is 21.5 Å². The maximum atomic E-state index is 13.3. The van der Waals surface area contributed by atoms with Gasteiger partial charge in [0.25, 0.3) is 5.91 Å². The van der Waals surface area contributed by atoms with Crippen LogP contribution in [0.15, 0.2) is 80.9 Å². The van der Waals surface area contributed by atoms with E-state index >= 15 is 0 Å². The first-order valence-corrected chi connectivity index (χ1v) is 12.6. The number of thioether (sulfide) groups is 1. The molecule has 4 aromatic rings. The third-order valence-corrected chi connectivity index (χ3v) is 7.41. The minimum atomic E-state index is -0.115. The fraction of sp³-hybridized carbons (Fsp3) is 0.250. The van der Waals surface area contributed by atoms with Crippen molar-refractivity contribution in [3.63, 3.8) is 0 Å². The van der Waals surface area contributed by atoms with E-state index in [2.05, 4.69) is 38.9 Å². The highest BCUT2D eigenvalue weighted by Crippen LogP contribution is 2.36. The normalized spacial score (nSPS) is 15.7. The zero-order chi connectivity index (χ0) is 22.6. The van der Waals surface area contributed by atoms with Gasteiger partial charge in [-0.05, 0) is 36.1 Å². The van der Waals surface area contributed by atoms with Gasteiger partial charge in [-0.1, -0.05) is 48.2 Å². The Balaban J connectivity index is 1.31. The molecule has 0 saturated heterocycles. The van der Waals surface area contributed by atoms with Crippen molar-refractivity contribution in [1.29, 1.82) is 0 Å². The molecule has 0 N–H and O–H groups in total. The lowest BCUT2D eigenvalue weighted by Gasteiger charge is -2.20. The standard InChI is InChI=1S/C24H23N5O2S2/c1-2-28-22(14-17-8-4-3-5-9-17)25-26-24(28)33-16-23(30)29-19(21-11-7-13-32-21)15-18(27-29)20-10-6-12-31-20/h3-13,19H,2,14-16H2,1H3. The van der Waals surface area contributed by atoms with E-state index in [0.29, 0.717) is 18.6 Å². The highest BCUT2D eigenvalue weighted by molar-refractivity contribution is 7.99. The van der Waals surface area contributed by atoms with Crippen LogP contribution in [-0.2, 0) is 17.8 Å². The van der Waals surface area contributed by atoms with Crippen molar-refractivity contribution in [3.05, 3.63) is 88.3 Å². The number of hydrazone groups is 1. The highest BCUT2D eigenvalue weighted by atomic mass is 32.2. The van der Waals surface area contributed by atoms with Gasteiger partial charge in [0.05, 0.1) is 18.1 Å². The lowest BCUT2D eigenvalue weighted by molar-refractivity contribution is -0.130. The van der Waals surface area contributed by atoms with Crippen LogP contribution in [-0.4, -0.2) is 37.1 Å². The predicted octanol–water partition coefficient (Wildman–Crippen LogP) is 5.01. The second-order valence-electron chi connectivity index (χ2n) is 7.59. The Morgan fingerprint density at radius 3 is 2.76 bits per heavy atom. The summed E-state index contributed by atoms with van der Waals surface area (Å²) in [5.74, 6) is 1.78. The van der Waals surface area contributed by atoms with Crippen molar-refractivity contribution in [2.45, 2.75) is 37.5 Å². The third kappa shape index (κ3) is 4.65. The maximum Gasteiger partial charge on any atom is 0.253 e. The number of rotatable bonds is 8. The fourth-order valence-corrected chi connectivity index (χ4v) is 5.56. The summed E-state index contributed by atoms with van der Waals surface area (Å²) in [4.78, 5) is 14.4. The molecule has 0 spiro atoms. The smallest absolute Gasteiger partial charge is 0.253 e. The minimum absolute atomic E-state index is 0.0600. The summed E-state index contributed by atoms with van der Waals surface area (Å²) in [6, 6.07) is 17.9. The number of nitrogens with zero attached hydrogens (tertiary/aromatic N) is 5. The number of amides is 1. The van der Waals surface area contributed by atoms with Gasteiger partial charge in [0.15, 0.2) is 5.16 Å². The van der Waals surface area contributed by atoms with Crippen LogP contribution in [0.2, 0.25) is 0 Å². The Bertz CT molecular complexity index is 1230. The van der Waals surface area contributed by atoms with Gasteiger partial charge < -0.3 is 8.98 Å². The van der Waals surface area contributed by atoms with Crippen molar-refractivity contribution in [2.75, 3.05) is 5.75 Å². The average molecular weight is 478 g/mol. The molecular formula is C24H23N5O2S2. The summed E-state index contributed by atoms with van der Waals surface area (Å²) >= 11 is 3.04. The van der Waals surface area contributed by atoms with Crippen molar-refractivity contribution < 1.29 is 9.21 Å². The molecule has 1 unspecified atom stereocenters.